The fourth-order valence-corrected chi connectivity index (χ4v) is 1.04. The van der Waals surface area contributed by atoms with Crippen LogP contribution in [0.4, 0.5) is 0 Å². The van der Waals surface area contributed by atoms with Crippen molar-refractivity contribution in [1.29, 1.82) is 0 Å². The molecular formula is C10H21NO2. The second kappa shape index (κ2) is 4.61. The molecule has 78 valence electrons. The largest absolute Gasteiger partial charge is 0.468 e. The topological polar surface area (TPSA) is 52.3 Å². The summed E-state index contributed by atoms with van der Waals surface area (Å²) in [6.07, 6.45) is 0.664. The van der Waals surface area contributed by atoms with Crippen LogP contribution in [0.15, 0.2) is 0 Å². The average molecular weight is 187 g/mol. The molecule has 13 heavy (non-hydrogen) atoms. The normalized spacial score (nSPS) is 14.4. The molecule has 0 aliphatic heterocycles. The van der Waals surface area contributed by atoms with E-state index < -0.39 is 6.04 Å². The number of rotatable bonds is 4. The summed E-state index contributed by atoms with van der Waals surface area (Å²) in [4.78, 5) is 11.1. The Hall–Kier alpha value is -0.570. The van der Waals surface area contributed by atoms with E-state index >= 15 is 0 Å². The molecule has 0 aromatic carbocycles. The van der Waals surface area contributed by atoms with Gasteiger partial charge in [-0.2, -0.15) is 0 Å². The monoisotopic (exact) mass is 187 g/mol. The molecule has 0 radical (unpaired) electrons. The van der Waals surface area contributed by atoms with Crippen LogP contribution in [0.1, 0.15) is 34.1 Å². The molecule has 0 bridgehead atoms. The first-order chi connectivity index (χ1) is 5.81. The van der Waals surface area contributed by atoms with E-state index in [4.69, 9.17) is 5.73 Å². The molecule has 0 aliphatic rings. The Labute approximate surface area is 80.6 Å². The Balaban J connectivity index is 4.19. The fourth-order valence-electron chi connectivity index (χ4n) is 1.04. The molecule has 0 aromatic heterocycles. The highest BCUT2D eigenvalue weighted by molar-refractivity contribution is 5.75. The molecule has 0 saturated carbocycles. The van der Waals surface area contributed by atoms with Gasteiger partial charge in [0.1, 0.15) is 6.04 Å². The van der Waals surface area contributed by atoms with E-state index in [2.05, 4.69) is 32.4 Å². The molecule has 3 nitrogen and oxygen atoms in total. The van der Waals surface area contributed by atoms with E-state index in [9.17, 15) is 4.79 Å². The highest BCUT2D eigenvalue weighted by Gasteiger charge is 2.28. The van der Waals surface area contributed by atoms with Gasteiger partial charge < -0.3 is 10.5 Å². The first-order valence-corrected chi connectivity index (χ1v) is 4.64. The van der Waals surface area contributed by atoms with Crippen LogP contribution in [0, 0.1) is 11.3 Å². The van der Waals surface area contributed by atoms with Gasteiger partial charge >= 0.3 is 5.97 Å². The second-order valence-corrected chi connectivity index (χ2v) is 4.48. The SMILES string of the molecule is COC(=O)C(N)CC(C)(C)C(C)C. The van der Waals surface area contributed by atoms with Crippen LogP contribution in [-0.4, -0.2) is 19.1 Å². The Kier molecular flexibility index (Phi) is 4.40. The summed E-state index contributed by atoms with van der Waals surface area (Å²) < 4.78 is 4.57. The molecule has 0 amide bonds. The maximum atomic E-state index is 11.1. The maximum Gasteiger partial charge on any atom is 0.322 e. The van der Waals surface area contributed by atoms with E-state index in [-0.39, 0.29) is 11.4 Å². The minimum Gasteiger partial charge on any atom is -0.468 e. The highest BCUT2D eigenvalue weighted by Crippen LogP contribution is 2.30. The van der Waals surface area contributed by atoms with E-state index in [1.165, 1.54) is 7.11 Å². The predicted molar refractivity (Wildman–Crippen MR) is 53.2 cm³/mol. The van der Waals surface area contributed by atoms with Gasteiger partial charge in [0.25, 0.3) is 0 Å². The number of carbonyl (C=O) groups is 1. The molecule has 0 heterocycles. The Morgan fingerprint density at radius 1 is 1.46 bits per heavy atom. The number of nitrogens with two attached hydrogens (primary N) is 1. The van der Waals surface area contributed by atoms with Crippen molar-refractivity contribution in [3.8, 4) is 0 Å². The lowest BCUT2D eigenvalue weighted by atomic mass is 9.76. The van der Waals surface area contributed by atoms with Crippen molar-refractivity contribution in [3.05, 3.63) is 0 Å². The van der Waals surface area contributed by atoms with Crippen molar-refractivity contribution >= 4 is 5.97 Å². The van der Waals surface area contributed by atoms with Crippen molar-refractivity contribution in [3.63, 3.8) is 0 Å². The van der Waals surface area contributed by atoms with Crippen LogP contribution >= 0.6 is 0 Å². The van der Waals surface area contributed by atoms with Crippen molar-refractivity contribution in [2.24, 2.45) is 17.1 Å². The fraction of sp³-hybridized carbons (Fsp3) is 0.900. The van der Waals surface area contributed by atoms with Crippen LogP contribution in [0.5, 0.6) is 0 Å². The number of hydrogen-bond acceptors (Lipinski definition) is 3. The van der Waals surface area contributed by atoms with E-state index in [0.29, 0.717) is 12.3 Å². The minimum absolute atomic E-state index is 0.0770. The third-order valence-corrected chi connectivity index (χ3v) is 2.81. The smallest absolute Gasteiger partial charge is 0.322 e. The molecule has 1 atom stereocenters. The zero-order chi connectivity index (χ0) is 10.6. The Morgan fingerprint density at radius 3 is 2.23 bits per heavy atom. The van der Waals surface area contributed by atoms with Crippen molar-refractivity contribution in [1.82, 2.24) is 0 Å². The van der Waals surface area contributed by atoms with Crippen LogP contribution < -0.4 is 5.73 Å². The molecule has 1 unspecified atom stereocenters. The predicted octanol–water partition coefficient (Wildman–Crippen LogP) is 1.56. The third-order valence-electron chi connectivity index (χ3n) is 2.81. The first kappa shape index (κ1) is 12.4. The summed E-state index contributed by atoms with van der Waals surface area (Å²) in [6, 6.07) is -0.498. The first-order valence-electron chi connectivity index (χ1n) is 4.64. The maximum absolute atomic E-state index is 11.1. The van der Waals surface area contributed by atoms with Crippen LogP contribution in [0.3, 0.4) is 0 Å². The second-order valence-electron chi connectivity index (χ2n) is 4.48. The molecule has 0 aliphatic carbocycles. The molecule has 0 spiro atoms. The summed E-state index contributed by atoms with van der Waals surface area (Å²) >= 11 is 0. The van der Waals surface area contributed by atoms with Crippen molar-refractivity contribution < 1.29 is 9.53 Å². The highest BCUT2D eigenvalue weighted by atomic mass is 16.5. The molecule has 0 fully saturated rings. The van der Waals surface area contributed by atoms with Gasteiger partial charge in [-0.05, 0) is 17.8 Å². The van der Waals surface area contributed by atoms with Crippen LogP contribution in [-0.2, 0) is 9.53 Å². The quantitative estimate of drug-likeness (QED) is 0.679. The summed E-state index contributed by atoms with van der Waals surface area (Å²) in [5, 5.41) is 0. The number of carbonyl (C=O) groups excluding carboxylic acids is 1. The Bertz CT molecular complexity index is 176. The summed E-state index contributed by atoms with van der Waals surface area (Å²) in [7, 11) is 1.37. The lowest BCUT2D eigenvalue weighted by Gasteiger charge is -2.30. The van der Waals surface area contributed by atoms with Crippen molar-refractivity contribution in [2.45, 2.75) is 40.2 Å². The van der Waals surface area contributed by atoms with Crippen LogP contribution in [0.2, 0.25) is 0 Å². The van der Waals surface area contributed by atoms with Gasteiger partial charge in [0.2, 0.25) is 0 Å². The minimum atomic E-state index is -0.498. The van der Waals surface area contributed by atoms with E-state index in [1.54, 1.807) is 0 Å². The van der Waals surface area contributed by atoms with Gasteiger partial charge in [-0.1, -0.05) is 27.7 Å². The van der Waals surface area contributed by atoms with Crippen molar-refractivity contribution in [2.75, 3.05) is 7.11 Å². The lowest BCUT2D eigenvalue weighted by molar-refractivity contribution is -0.143. The van der Waals surface area contributed by atoms with Gasteiger partial charge in [0.15, 0.2) is 0 Å². The van der Waals surface area contributed by atoms with Gasteiger partial charge in [0.05, 0.1) is 7.11 Å². The zero-order valence-corrected chi connectivity index (χ0v) is 9.26. The van der Waals surface area contributed by atoms with E-state index in [0.717, 1.165) is 0 Å². The summed E-state index contributed by atoms with van der Waals surface area (Å²) in [5.41, 5.74) is 5.75. The average Bonchev–Trinajstić information content (AvgIpc) is 2.01. The zero-order valence-electron chi connectivity index (χ0n) is 9.26. The lowest BCUT2D eigenvalue weighted by Crippen LogP contribution is -2.37. The summed E-state index contributed by atoms with van der Waals surface area (Å²) in [5.74, 6) is 0.178. The molecule has 0 rings (SSSR count). The summed E-state index contributed by atoms with van der Waals surface area (Å²) in [6.45, 7) is 8.48. The third kappa shape index (κ3) is 3.77. The molecule has 0 aromatic rings. The van der Waals surface area contributed by atoms with Gasteiger partial charge in [-0.15, -0.1) is 0 Å². The number of esters is 1. The van der Waals surface area contributed by atoms with Gasteiger partial charge in [-0.3, -0.25) is 4.79 Å². The molecule has 2 N–H and O–H groups in total. The number of hydrogen-bond donors (Lipinski definition) is 1. The molecular weight excluding hydrogens is 166 g/mol. The molecule has 3 heteroatoms. The van der Waals surface area contributed by atoms with Crippen LogP contribution in [0.25, 0.3) is 0 Å². The van der Waals surface area contributed by atoms with Gasteiger partial charge in [0, 0.05) is 0 Å². The van der Waals surface area contributed by atoms with Gasteiger partial charge in [-0.25, -0.2) is 0 Å². The Morgan fingerprint density at radius 2 is 1.92 bits per heavy atom. The number of methoxy groups -OCH3 is 1. The standard InChI is InChI=1S/C10H21NO2/c1-7(2)10(3,4)6-8(11)9(12)13-5/h7-8H,6,11H2,1-5H3. The number of ether oxygens (including phenoxy) is 1. The molecule has 0 saturated heterocycles. The van der Waals surface area contributed by atoms with E-state index in [1.807, 2.05) is 0 Å².